The first-order valence-corrected chi connectivity index (χ1v) is 11.9. The molecule has 2 aromatic heterocycles. The molecule has 0 saturated heterocycles. The van der Waals surface area contributed by atoms with Gasteiger partial charge in [0, 0.05) is 36.6 Å². The number of carbonyl (C=O) groups is 1. The highest BCUT2D eigenvalue weighted by atomic mass is 35.5. The van der Waals surface area contributed by atoms with Crippen LogP contribution in [0.15, 0.2) is 55.1 Å². The van der Waals surface area contributed by atoms with Crippen molar-refractivity contribution in [2.75, 3.05) is 25.7 Å². The molecule has 0 aliphatic heterocycles. The van der Waals surface area contributed by atoms with E-state index in [0.29, 0.717) is 28.2 Å². The Kier molecular flexibility index (Phi) is 7.49. The zero-order valence-electron chi connectivity index (χ0n) is 19.2. The summed E-state index contributed by atoms with van der Waals surface area (Å²) < 4.78 is 13.6. The Labute approximate surface area is 207 Å². The Morgan fingerprint density at radius 1 is 1.21 bits per heavy atom. The first kappa shape index (κ1) is 23.8. The molecule has 0 saturated carbocycles. The fraction of sp³-hybridized carbons (Fsp3) is 0.240. The van der Waals surface area contributed by atoms with E-state index in [1.165, 1.54) is 11.3 Å². The van der Waals surface area contributed by atoms with Crippen LogP contribution in [0.5, 0.6) is 11.5 Å². The second-order valence-electron chi connectivity index (χ2n) is 7.61. The van der Waals surface area contributed by atoms with Crippen LogP contribution in [0, 0.1) is 6.92 Å². The average Bonchev–Trinajstić information content (AvgIpc) is 3.53. The highest BCUT2D eigenvalue weighted by molar-refractivity contribution is 7.22. The van der Waals surface area contributed by atoms with E-state index in [0.717, 1.165) is 34.3 Å². The van der Waals surface area contributed by atoms with E-state index < -0.39 is 0 Å². The molecule has 1 amide bonds. The maximum Gasteiger partial charge on any atom is 0.252 e. The number of ether oxygens (including phenoxy) is 2. The molecule has 2 heterocycles. The molecule has 2 aromatic carbocycles. The number of methoxy groups -OCH3 is 2. The number of thiazole rings is 1. The lowest BCUT2D eigenvalue weighted by Gasteiger charge is -2.18. The summed E-state index contributed by atoms with van der Waals surface area (Å²) in [6.45, 7) is 3.20. The third-order valence-electron chi connectivity index (χ3n) is 5.42. The first-order valence-electron chi connectivity index (χ1n) is 10.7. The summed E-state index contributed by atoms with van der Waals surface area (Å²) in [7, 11) is 3.17. The molecule has 9 heteroatoms. The summed E-state index contributed by atoms with van der Waals surface area (Å²) in [5, 5.41) is 1.31. The van der Waals surface area contributed by atoms with Crippen LogP contribution < -0.4 is 14.4 Å². The first-order chi connectivity index (χ1) is 16.5. The molecule has 4 rings (SSSR count). The maximum atomic E-state index is 13.3. The molecule has 0 bridgehead atoms. The van der Waals surface area contributed by atoms with Gasteiger partial charge in [0.25, 0.3) is 5.91 Å². The van der Waals surface area contributed by atoms with Gasteiger partial charge in [-0.1, -0.05) is 29.0 Å². The topological polar surface area (TPSA) is 69.5 Å². The minimum absolute atomic E-state index is 0.150. The van der Waals surface area contributed by atoms with E-state index in [4.69, 9.17) is 26.1 Å². The summed E-state index contributed by atoms with van der Waals surface area (Å²) in [5.41, 5.74) is 2.56. The number of halogens is 1. The van der Waals surface area contributed by atoms with Crippen molar-refractivity contribution < 1.29 is 14.3 Å². The SMILES string of the molecule is COc1ccc(/C=C/C(=O)N(CCCn2ccnc2)c2nc3c(C)c(Cl)ccc3s2)cc1OC. The van der Waals surface area contributed by atoms with Gasteiger partial charge in [0.15, 0.2) is 16.6 Å². The number of nitrogens with zero attached hydrogens (tertiary/aromatic N) is 4. The molecule has 0 N–H and O–H groups in total. The number of carbonyl (C=O) groups excluding carboxylic acids is 1. The lowest BCUT2D eigenvalue weighted by Crippen LogP contribution is -2.30. The monoisotopic (exact) mass is 496 g/mol. The number of hydrogen-bond donors (Lipinski definition) is 0. The molecule has 0 aliphatic carbocycles. The molecule has 0 aliphatic rings. The number of amides is 1. The van der Waals surface area contributed by atoms with Crippen LogP contribution in [0.25, 0.3) is 16.3 Å². The van der Waals surface area contributed by atoms with E-state index >= 15 is 0 Å². The summed E-state index contributed by atoms with van der Waals surface area (Å²) in [6.07, 6.45) is 9.50. The molecule has 4 aromatic rings. The second kappa shape index (κ2) is 10.7. The van der Waals surface area contributed by atoms with Crippen molar-refractivity contribution in [2.24, 2.45) is 0 Å². The van der Waals surface area contributed by atoms with E-state index in [9.17, 15) is 4.79 Å². The van der Waals surface area contributed by atoms with Gasteiger partial charge >= 0.3 is 0 Å². The highest BCUT2D eigenvalue weighted by Gasteiger charge is 2.19. The molecule has 176 valence electrons. The lowest BCUT2D eigenvalue weighted by atomic mass is 10.2. The van der Waals surface area contributed by atoms with Crippen molar-refractivity contribution in [1.82, 2.24) is 14.5 Å². The van der Waals surface area contributed by atoms with Gasteiger partial charge in [-0.3, -0.25) is 9.69 Å². The fourth-order valence-corrected chi connectivity index (χ4v) is 4.76. The molecule has 0 spiro atoms. The number of aryl methyl sites for hydroxylation is 2. The van der Waals surface area contributed by atoms with Crippen LogP contribution in [-0.2, 0) is 11.3 Å². The Hall–Kier alpha value is -3.36. The van der Waals surface area contributed by atoms with Crippen LogP contribution >= 0.6 is 22.9 Å². The van der Waals surface area contributed by atoms with Crippen LogP contribution in [-0.4, -0.2) is 41.2 Å². The van der Waals surface area contributed by atoms with E-state index in [1.54, 1.807) is 43.8 Å². The van der Waals surface area contributed by atoms with Crippen molar-refractivity contribution in [3.8, 4) is 11.5 Å². The van der Waals surface area contributed by atoms with E-state index in [1.807, 2.05) is 48.0 Å². The van der Waals surface area contributed by atoms with Crippen molar-refractivity contribution >= 4 is 50.3 Å². The molecule has 0 unspecified atom stereocenters. The number of rotatable bonds is 9. The highest BCUT2D eigenvalue weighted by Crippen LogP contribution is 2.34. The number of aromatic nitrogens is 3. The zero-order chi connectivity index (χ0) is 24.1. The lowest BCUT2D eigenvalue weighted by molar-refractivity contribution is -0.114. The predicted molar refractivity (Wildman–Crippen MR) is 137 cm³/mol. The maximum absolute atomic E-state index is 13.3. The molecule has 0 atom stereocenters. The largest absolute Gasteiger partial charge is 0.493 e. The van der Waals surface area contributed by atoms with Gasteiger partial charge in [0.2, 0.25) is 0 Å². The van der Waals surface area contributed by atoms with Crippen molar-refractivity contribution in [2.45, 2.75) is 19.9 Å². The third-order valence-corrected chi connectivity index (χ3v) is 6.87. The fourth-order valence-electron chi connectivity index (χ4n) is 3.55. The number of fused-ring (bicyclic) bond motifs is 1. The standard InChI is InChI=1S/C25H25ClN4O3S/c1-17-19(26)7-9-22-24(17)28-25(34-22)30(13-4-12-29-14-11-27-16-29)23(31)10-6-18-5-8-20(32-2)21(15-18)33-3/h5-11,14-16H,4,12-13H2,1-3H3/b10-6+. The Bertz CT molecular complexity index is 1320. The number of imidazole rings is 1. The molecule has 7 nitrogen and oxygen atoms in total. The minimum atomic E-state index is -0.150. The van der Waals surface area contributed by atoms with Crippen molar-refractivity contribution in [3.05, 3.63) is 71.3 Å². The molecule has 0 radical (unpaired) electrons. The summed E-state index contributed by atoms with van der Waals surface area (Å²) in [5.74, 6) is 1.09. The van der Waals surface area contributed by atoms with E-state index in [-0.39, 0.29) is 5.91 Å². The van der Waals surface area contributed by atoms with Crippen LogP contribution in [0.3, 0.4) is 0 Å². The average molecular weight is 497 g/mol. The summed E-state index contributed by atoms with van der Waals surface area (Å²) in [6, 6.07) is 9.32. The van der Waals surface area contributed by atoms with Gasteiger partial charge in [0.05, 0.1) is 30.8 Å². The Balaban J connectivity index is 1.60. The minimum Gasteiger partial charge on any atom is -0.493 e. The van der Waals surface area contributed by atoms with Gasteiger partial charge in [-0.25, -0.2) is 9.97 Å². The van der Waals surface area contributed by atoms with Crippen LogP contribution in [0.2, 0.25) is 5.02 Å². The quantitative estimate of drug-likeness (QED) is 0.282. The Morgan fingerprint density at radius 3 is 2.76 bits per heavy atom. The second-order valence-corrected chi connectivity index (χ2v) is 9.02. The molecule has 0 fully saturated rings. The summed E-state index contributed by atoms with van der Waals surface area (Å²) >= 11 is 7.77. The number of benzene rings is 2. The molecule has 34 heavy (non-hydrogen) atoms. The van der Waals surface area contributed by atoms with Crippen molar-refractivity contribution in [3.63, 3.8) is 0 Å². The molecular weight excluding hydrogens is 472 g/mol. The third kappa shape index (κ3) is 5.24. The Morgan fingerprint density at radius 2 is 2.03 bits per heavy atom. The zero-order valence-corrected chi connectivity index (χ0v) is 20.8. The predicted octanol–water partition coefficient (Wildman–Crippen LogP) is 5.61. The normalized spacial score (nSPS) is 11.3. The van der Waals surface area contributed by atoms with Gasteiger partial charge < -0.3 is 14.0 Å². The van der Waals surface area contributed by atoms with Crippen LogP contribution in [0.4, 0.5) is 5.13 Å². The summed E-state index contributed by atoms with van der Waals surface area (Å²) in [4.78, 5) is 23.9. The smallest absolute Gasteiger partial charge is 0.252 e. The van der Waals surface area contributed by atoms with E-state index in [2.05, 4.69) is 4.98 Å². The number of hydrogen-bond acceptors (Lipinski definition) is 6. The van der Waals surface area contributed by atoms with Gasteiger partial charge in [-0.2, -0.15) is 0 Å². The van der Waals surface area contributed by atoms with Crippen molar-refractivity contribution in [1.29, 1.82) is 0 Å². The van der Waals surface area contributed by atoms with Gasteiger partial charge in [-0.05, 0) is 54.8 Å². The van der Waals surface area contributed by atoms with Crippen LogP contribution in [0.1, 0.15) is 17.5 Å². The van der Waals surface area contributed by atoms with Gasteiger partial charge in [0.1, 0.15) is 0 Å². The molecular formula is C25H25ClN4O3S. The van der Waals surface area contributed by atoms with Gasteiger partial charge in [-0.15, -0.1) is 0 Å². The number of anilines is 1.